The topological polar surface area (TPSA) is 71.1 Å². The third-order valence-electron chi connectivity index (χ3n) is 12.9. The minimum Gasteiger partial charge on any atom is -0.493 e. The first-order valence-corrected chi connectivity index (χ1v) is 27.7. The summed E-state index contributed by atoms with van der Waals surface area (Å²) in [6.07, 6.45) is 14.7. The molecule has 320 valence electrons. The summed E-state index contributed by atoms with van der Waals surface area (Å²) in [5.74, 6) is 2.02. The molecule has 58 heavy (non-hydrogen) atoms. The van der Waals surface area contributed by atoms with Gasteiger partial charge in [0.25, 0.3) is 0 Å². The average molecular weight is 870 g/mol. The third-order valence-corrected chi connectivity index (χ3v) is 22.4. The Morgan fingerprint density at radius 1 is 0.724 bits per heavy atom. The number of benzene rings is 2. The Balaban J connectivity index is 1.48. The third kappa shape index (κ3) is 13.5. The number of Topliss-reactive ketones (excluding diaryl/α,β-unsaturated/α-hetero) is 2. The highest BCUT2D eigenvalue weighted by Crippen LogP contribution is 2.44. The lowest BCUT2D eigenvalue weighted by molar-refractivity contribution is -0.121. The molecule has 8 atom stereocenters. The predicted octanol–water partition coefficient (Wildman–Crippen LogP) is 13.4. The van der Waals surface area contributed by atoms with Crippen LogP contribution in [0.1, 0.15) is 81.1 Å². The van der Waals surface area contributed by atoms with Gasteiger partial charge in [0.05, 0.1) is 18.8 Å². The molecule has 2 aromatic carbocycles. The molecule has 10 heteroatoms. The fraction of sp³-hybridized carbons (Fsp3) is 0.583. The molecule has 0 saturated heterocycles. The van der Waals surface area contributed by atoms with E-state index in [9.17, 15) is 9.59 Å². The zero-order valence-corrected chi connectivity index (χ0v) is 40.7. The zero-order valence-electron chi connectivity index (χ0n) is 37.1. The van der Waals surface area contributed by atoms with Gasteiger partial charge in [0.2, 0.25) is 0 Å². The summed E-state index contributed by atoms with van der Waals surface area (Å²) in [6.45, 7) is 27.5. The van der Waals surface area contributed by atoms with Crippen molar-refractivity contribution in [2.24, 2.45) is 35.5 Å². The Hall–Kier alpha value is -2.47. The molecule has 6 nitrogen and oxygen atoms in total. The number of rotatable bonds is 18. The maximum atomic E-state index is 13.7. The predicted molar refractivity (Wildman–Crippen MR) is 246 cm³/mol. The zero-order chi connectivity index (χ0) is 43.1. The van der Waals surface area contributed by atoms with Gasteiger partial charge in [-0.1, -0.05) is 127 Å². The van der Waals surface area contributed by atoms with Gasteiger partial charge in [-0.25, -0.2) is 0 Å². The van der Waals surface area contributed by atoms with Crippen LogP contribution < -0.4 is 9.47 Å². The fourth-order valence-corrected chi connectivity index (χ4v) is 10.3. The molecular formula is C48H70Cl2O6Si2. The van der Waals surface area contributed by atoms with Crippen LogP contribution in [0.25, 0.3) is 0 Å². The lowest BCUT2D eigenvalue weighted by Crippen LogP contribution is -2.45. The minimum absolute atomic E-state index is 0.0235. The minimum atomic E-state index is -2.14. The molecule has 2 saturated carbocycles. The van der Waals surface area contributed by atoms with Crippen molar-refractivity contribution in [1.29, 1.82) is 0 Å². The van der Waals surface area contributed by atoms with Crippen molar-refractivity contribution in [2.75, 3.05) is 13.2 Å². The van der Waals surface area contributed by atoms with Gasteiger partial charge in [0, 0.05) is 46.6 Å². The first-order valence-electron chi connectivity index (χ1n) is 21.2. The molecule has 0 N–H and O–H groups in total. The quantitative estimate of drug-likeness (QED) is 0.110. The molecule has 0 aromatic heterocycles. The van der Waals surface area contributed by atoms with E-state index in [-0.39, 0.29) is 63.6 Å². The highest BCUT2D eigenvalue weighted by Gasteiger charge is 2.47. The van der Waals surface area contributed by atoms with Crippen molar-refractivity contribution in [3.05, 3.63) is 95.0 Å². The van der Waals surface area contributed by atoms with E-state index in [2.05, 4.69) is 118 Å². The first kappa shape index (κ1) is 48.2. The first-order chi connectivity index (χ1) is 27.0. The van der Waals surface area contributed by atoms with E-state index in [4.69, 9.17) is 41.5 Å². The maximum Gasteiger partial charge on any atom is 0.193 e. The maximum absolute atomic E-state index is 13.7. The molecule has 0 bridgehead atoms. The van der Waals surface area contributed by atoms with Crippen LogP contribution in [0.2, 0.25) is 46.3 Å². The standard InChI is InChI=1S/C48H70Cl2O6Si2/c1-33(31-53-37-19-15-17-35(49)28-37)23-25-43-42(45(52)30-46(43)56-58(11,12)48(6,7)8)22-14-13-21-41-40(34(2)27-44(41)51)26-24-39(55-57(9,10)47(3,4)5)32-54-38-20-16-18-36(50)29-38/h13-20,23-26,28-29,33-34,39-43,46H,21-22,27,30-32H2,1-12H3/b14-13+,25-23+,26-24+/t33-,34-,39-,40+,41-,42-,43-,46-/m1/s1. The normalized spacial score (nSPS) is 24.7. The second-order valence-electron chi connectivity index (χ2n) is 19.7. The smallest absolute Gasteiger partial charge is 0.193 e. The summed E-state index contributed by atoms with van der Waals surface area (Å²) in [4.78, 5) is 27.2. The number of ether oxygens (including phenoxy) is 2. The molecule has 0 spiro atoms. The van der Waals surface area contributed by atoms with Crippen LogP contribution in [0.4, 0.5) is 0 Å². The Morgan fingerprint density at radius 3 is 1.76 bits per heavy atom. The fourth-order valence-electron chi connectivity index (χ4n) is 7.33. The van der Waals surface area contributed by atoms with Gasteiger partial charge in [-0.2, -0.15) is 0 Å². The Labute approximate surface area is 362 Å². The molecule has 0 heterocycles. The van der Waals surface area contributed by atoms with Crippen molar-refractivity contribution in [1.82, 2.24) is 0 Å². The van der Waals surface area contributed by atoms with E-state index in [1.165, 1.54) is 0 Å². The van der Waals surface area contributed by atoms with Crippen molar-refractivity contribution in [3.8, 4) is 11.5 Å². The molecule has 2 fully saturated rings. The number of carbonyl (C=O) groups is 2. The Kier molecular flexibility index (Phi) is 17.0. The van der Waals surface area contributed by atoms with Crippen molar-refractivity contribution < 1.29 is 27.9 Å². The number of carbonyl (C=O) groups excluding carboxylic acids is 2. The van der Waals surface area contributed by atoms with Gasteiger partial charge < -0.3 is 18.3 Å². The van der Waals surface area contributed by atoms with E-state index in [1.807, 2.05) is 48.5 Å². The lowest BCUT2D eigenvalue weighted by atomic mass is 9.86. The van der Waals surface area contributed by atoms with E-state index < -0.39 is 16.6 Å². The summed E-state index contributed by atoms with van der Waals surface area (Å²) in [5, 5.41) is 1.31. The molecule has 0 amide bonds. The lowest BCUT2D eigenvalue weighted by Gasteiger charge is -2.39. The monoisotopic (exact) mass is 868 g/mol. The Bertz CT molecular complexity index is 1770. The van der Waals surface area contributed by atoms with Crippen LogP contribution in [0, 0.1) is 35.5 Å². The second kappa shape index (κ2) is 20.4. The summed E-state index contributed by atoms with van der Waals surface area (Å²) in [6, 6.07) is 14.9. The van der Waals surface area contributed by atoms with E-state index >= 15 is 0 Å². The number of halogens is 2. The summed E-state index contributed by atoms with van der Waals surface area (Å²) in [7, 11) is -4.28. The summed E-state index contributed by atoms with van der Waals surface area (Å²) in [5.41, 5.74) is 0. The molecule has 4 rings (SSSR count). The average Bonchev–Trinajstić information content (AvgIpc) is 3.55. The second-order valence-corrected chi connectivity index (χ2v) is 30.1. The SMILES string of the molecule is C[C@H](/C=C/[C@H]1[C@H](O[Si](C)(C)C(C)(C)C)CC(=O)[C@@H]1C/C=C/C[C@H]1C(=O)C[C@@H](C)[C@@H]1/C=C/[C@H](COc1cccc(Cl)c1)O[Si](C)(C)C(C)(C)C)COc1cccc(Cl)c1. The van der Waals surface area contributed by atoms with Gasteiger partial charge in [-0.3, -0.25) is 9.59 Å². The molecule has 0 unspecified atom stereocenters. The molecule has 2 aliphatic carbocycles. The van der Waals surface area contributed by atoms with Crippen molar-refractivity contribution in [3.63, 3.8) is 0 Å². The van der Waals surface area contributed by atoms with Crippen LogP contribution in [-0.4, -0.2) is 53.6 Å². The molecule has 2 aliphatic rings. The van der Waals surface area contributed by atoms with Gasteiger partial charge in [-0.05, 0) is 97.3 Å². The molecule has 2 aromatic rings. The molecule has 0 radical (unpaired) electrons. The number of allylic oxidation sites excluding steroid dienone is 3. The summed E-state index contributed by atoms with van der Waals surface area (Å²) >= 11 is 12.4. The van der Waals surface area contributed by atoms with E-state index in [0.717, 1.165) is 5.75 Å². The molecular weight excluding hydrogens is 800 g/mol. The highest BCUT2D eigenvalue weighted by molar-refractivity contribution is 6.74. The van der Waals surface area contributed by atoms with Crippen LogP contribution in [-0.2, 0) is 18.4 Å². The van der Waals surface area contributed by atoms with Crippen LogP contribution in [0.15, 0.2) is 85.0 Å². The van der Waals surface area contributed by atoms with Gasteiger partial charge in [0.15, 0.2) is 16.6 Å². The van der Waals surface area contributed by atoms with Gasteiger partial charge in [-0.15, -0.1) is 0 Å². The largest absolute Gasteiger partial charge is 0.493 e. The highest BCUT2D eigenvalue weighted by atomic mass is 35.5. The van der Waals surface area contributed by atoms with Crippen LogP contribution in [0.5, 0.6) is 11.5 Å². The number of hydrogen-bond acceptors (Lipinski definition) is 6. The summed E-state index contributed by atoms with van der Waals surface area (Å²) < 4.78 is 26.0. The van der Waals surface area contributed by atoms with Crippen LogP contribution >= 0.6 is 23.2 Å². The van der Waals surface area contributed by atoms with Crippen molar-refractivity contribution >= 4 is 51.4 Å². The van der Waals surface area contributed by atoms with E-state index in [1.54, 1.807) is 0 Å². The molecule has 0 aliphatic heterocycles. The van der Waals surface area contributed by atoms with Gasteiger partial charge in [0.1, 0.15) is 29.7 Å². The van der Waals surface area contributed by atoms with Crippen molar-refractivity contribution in [2.45, 2.75) is 130 Å². The Morgan fingerprint density at radius 2 is 1.22 bits per heavy atom. The number of ketones is 2. The van der Waals surface area contributed by atoms with Crippen LogP contribution in [0.3, 0.4) is 0 Å². The van der Waals surface area contributed by atoms with Gasteiger partial charge >= 0.3 is 0 Å². The number of hydrogen-bond donors (Lipinski definition) is 0. The van der Waals surface area contributed by atoms with E-state index in [0.29, 0.717) is 60.5 Å².